The van der Waals surface area contributed by atoms with Crippen molar-refractivity contribution >= 4 is 5.97 Å². The number of aromatic carboxylic acids is 1. The molecule has 1 unspecified atom stereocenters. The Morgan fingerprint density at radius 2 is 2.33 bits per heavy atom. The number of benzene rings is 1. The van der Waals surface area contributed by atoms with Crippen molar-refractivity contribution in [1.29, 1.82) is 0 Å². The van der Waals surface area contributed by atoms with Gasteiger partial charge in [-0.2, -0.15) is 0 Å². The molecular weight excluding hydrogens is 237 g/mol. The van der Waals surface area contributed by atoms with Gasteiger partial charge in [-0.1, -0.05) is 0 Å². The van der Waals surface area contributed by atoms with E-state index in [9.17, 15) is 9.18 Å². The molecule has 1 heterocycles. The van der Waals surface area contributed by atoms with E-state index in [2.05, 4.69) is 4.90 Å². The van der Waals surface area contributed by atoms with E-state index >= 15 is 0 Å². The first-order chi connectivity index (χ1) is 8.56. The summed E-state index contributed by atoms with van der Waals surface area (Å²) in [6.45, 7) is 1.79. The van der Waals surface area contributed by atoms with E-state index in [1.165, 1.54) is 12.1 Å². The molecule has 1 aliphatic heterocycles. The Hall–Kier alpha value is -1.62. The maximum Gasteiger partial charge on any atom is 0.335 e. The van der Waals surface area contributed by atoms with Crippen molar-refractivity contribution in [3.8, 4) is 5.75 Å². The average Bonchev–Trinajstić information content (AvgIpc) is 2.31. The van der Waals surface area contributed by atoms with Crippen LogP contribution in [-0.2, 0) is 0 Å². The minimum atomic E-state index is -1.14. The minimum absolute atomic E-state index is 0.0334. The fourth-order valence-corrected chi connectivity index (χ4v) is 2.12. The number of carbonyl (C=O) groups is 1. The smallest absolute Gasteiger partial charge is 0.335 e. The average molecular weight is 253 g/mol. The van der Waals surface area contributed by atoms with Gasteiger partial charge in [0, 0.05) is 6.54 Å². The maximum atomic E-state index is 13.7. The second kappa shape index (κ2) is 5.35. The van der Waals surface area contributed by atoms with Gasteiger partial charge in [0.2, 0.25) is 0 Å². The molecule has 0 aliphatic carbocycles. The number of rotatable bonds is 3. The van der Waals surface area contributed by atoms with E-state index in [1.54, 1.807) is 0 Å². The largest absolute Gasteiger partial charge is 0.486 e. The van der Waals surface area contributed by atoms with E-state index in [4.69, 9.17) is 9.84 Å². The van der Waals surface area contributed by atoms with Crippen molar-refractivity contribution in [2.45, 2.75) is 18.9 Å². The van der Waals surface area contributed by atoms with Crippen LogP contribution in [0.5, 0.6) is 5.75 Å². The van der Waals surface area contributed by atoms with Crippen molar-refractivity contribution in [1.82, 2.24) is 4.90 Å². The lowest BCUT2D eigenvalue weighted by Gasteiger charge is -2.30. The van der Waals surface area contributed by atoms with Gasteiger partial charge in [0.05, 0.1) is 5.56 Å². The molecule has 0 saturated carbocycles. The lowest BCUT2D eigenvalue weighted by Crippen LogP contribution is -2.38. The number of ether oxygens (including phenoxy) is 1. The van der Waals surface area contributed by atoms with Crippen molar-refractivity contribution in [2.75, 3.05) is 20.1 Å². The van der Waals surface area contributed by atoms with Gasteiger partial charge in [0.15, 0.2) is 11.6 Å². The molecule has 18 heavy (non-hydrogen) atoms. The van der Waals surface area contributed by atoms with Crippen LogP contribution in [0.25, 0.3) is 0 Å². The normalized spacial score (nSPS) is 20.7. The van der Waals surface area contributed by atoms with Gasteiger partial charge in [0.1, 0.15) is 6.10 Å². The van der Waals surface area contributed by atoms with Gasteiger partial charge >= 0.3 is 5.97 Å². The zero-order chi connectivity index (χ0) is 13.1. The summed E-state index contributed by atoms with van der Waals surface area (Å²) >= 11 is 0. The molecule has 2 rings (SSSR count). The third kappa shape index (κ3) is 2.98. The molecule has 0 amide bonds. The van der Waals surface area contributed by atoms with Crippen molar-refractivity contribution in [2.24, 2.45) is 0 Å². The number of likely N-dealkylation sites (N-methyl/N-ethyl adjacent to an activating group) is 1. The number of hydrogen-bond donors (Lipinski definition) is 1. The van der Waals surface area contributed by atoms with Crippen molar-refractivity contribution in [3.05, 3.63) is 29.6 Å². The third-order valence-electron chi connectivity index (χ3n) is 3.05. The summed E-state index contributed by atoms with van der Waals surface area (Å²) in [6, 6.07) is 3.73. The molecule has 1 N–H and O–H groups in total. The Balaban J connectivity index is 2.07. The van der Waals surface area contributed by atoms with Crippen LogP contribution in [0.4, 0.5) is 4.39 Å². The number of carboxylic acid groups (broad SMARTS) is 1. The number of likely N-dealkylation sites (tertiary alicyclic amines) is 1. The highest BCUT2D eigenvalue weighted by Gasteiger charge is 2.20. The van der Waals surface area contributed by atoms with Gasteiger partial charge in [-0.05, 0) is 44.6 Å². The maximum absolute atomic E-state index is 13.7. The zero-order valence-corrected chi connectivity index (χ0v) is 10.2. The van der Waals surface area contributed by atoms with Gasteiger partial charge < -0.3 is 14.7 Å². The molecule has 1 aliphatic rings. The summed E-state index contributed by atoms with van der Waals surface area (Å²) in [4.78, 5) is 12.8. The summed E-state index contributed by atoms with van der Waals surface area (Å²) in [5.41, 5.74) is -0.0689. The Labute approximate surface area is 105 Å². The molecule has 0 aromatic heterocycles. The van der Waals surface area contributed by atoms with Crippen molar-refractivity contribution in [3.63, 3.8) is 0 Å². The molecular formula is C13H16FNO3. The molecule has 98 valence electrons. The van der Waals surface area contributed by atoms with Gasteiger partial charge in [-0.15, -0.1) is 0 Å². The van der Waals surface area contributed by atoms with Crippen LogP contribution in [0.3, 0.4) is 0 Å². The second-order valence-electron chi connectivity index (χ2n) is 4.59. The predicted octanol–water partition coefficient (Wildman–Crippen LogP) is 2.00. The highest BCUT2D eigenvalue weighted by molar-refractivity contribution is 5.87. The summed E-state index contributed by atoms with van der Waals surface area (Å²) in [5.74, 6) is -1.64. The van der Waals surface area contributed by atoms with Gasteiger partial charge in [-0.25, -0.2) is 9.18 Å². The quantitative estimate of drug-likeness (QED) is 0.895. The Kier molecular flexibility index (Phi) is 3.81. The second-order valence-corrected chi connectivity index (χ2v) is 4.59. The summed E-state index contributed by atoms with van der Waals surface area (Å²) in [7, 11) is 2.00. The molecule has 4 nitrogen and oxygen atoms in total. The Bertz CT molecular complexity index is 450. The molecule has 1 fully saturated rings. The van der Waals surface area contributed by atoms with Crippen LogP contribution < -0.4 is 4.74 Å². The SMILES string of the molecule is CN1CCCC(Oc2ccc(C(=O)O)cc2F)C1. The van der Waals surface area contributed by atoms with E-state index in [-0.39, 0.29) is 17.4 Å². The van der Waals surface area contributed by atoms with Gasteiger partial charge in [0.25, 0.3) is 0 Å². The van der Waals surface area contributed by atoms with E-state index in [0.29, 0.717) is 0 Å². The van der Waals surface area contributed by atoms with E-state index in [0.717, 1.165) is 32.0 Å². The molecule has 1 aromatic rings. The van der Waals surface area contributed by atoms with Crippen LogP contribution in [0.2, 0.25) is 0 Å². The lowest BCUT2D eigenvalue weighted by atomic mass is 10.1. The van der Waals surface area contributed by atoms with Crippen LogP contribution >= 0.6 is 0 Å². The number of piperidine rings is 1. The molecule has 1 aromatic carbocycles. The van der Waals surface area contributed by atoms with Crippen molar-refractivity contribution < 1.29 is 19.0 Å². The number of nitrogens with zero attached hydrogens (tertiary/aromatic N) is 1. The van der Waals surface area contributed by atoms with Gasteiger partial charge in [-0.3, -0.25) is 0 Å². The highest BCUT2D eigenvalue weighted by atomic mass is 19.1. The fourth-order valence-electron chi connectivity index (χ4n) is 2.12. The predicted molar refractivity (Wildman–Crippen MR) is 64.5 cm³/mol. The first kappa shape index (κ1) is 12.8. The summed E-state index contributed by atoms with van der Waals surface area (Å²) in [5, 5.41) is 8.74. The minimum Gasteiger partial charge on any atom is -0.486 e. The zero-order valence-electron chi connectivity index (χ0n) is 10.2. The highest BCUT2D eigenvalue weighted by Crippen LogP contribution is 2.22. The fraction of sp³-hybridized carbons (Fsp3) is 0.462. The molecule has 1 atom stereocenters. The topological polar surface area (TPSA) is 49.8 Å². The monoisotopic (exact) mass is 253 g/mol. The Morgan fingerprint density at radius 1 is 1.56 bits per heavy atom. The third-order valence-corrected chi connectivity index (χ3v) is 3.05. The first-order valence-corrected chi connectivity index (χ1v) is 5.94. The van der Waals surface area contributed by atoms with E-state index < -0.39 is 11.8 Å². The summed E-state index contributed by atoms with van der Waals surface area (Å²) in [6.07, 6.45) is 1.88. The van der Waals surface area contributed by atoms with Crippen LogP contribution in [0.15, 0.2) is 18.2 Å². The van der Waals surface area contributed by atoms with E-state index in [1.807, 2.05) is 7.05 Å². The number of carboxylic acids is 1. The molecule has 0 spiro atoms. The van der Waals surface area contributed by atoms with Crippen LogP contribution in [0.1, 0.15) is 23.2 Å². The molecule has 0 radical (unpaired) electrons. The summed E-state index contributed by atoms with van der Waals surface area (Å²) < 4.78 is 19.2. The standard InChI is InChI=1S/C13H16FNO3/c1-15-6-2-3-10(8-15)18-12-5-4-9(13(16)17)7-11(12)14/h4-5,7,10H,2-3,6,8H2,1H3,(H,16,17). The number of hydrogen-bond acceptors (Lipinski definition) is 3. The first-order valence-electron chi connectivity index (χ1n) is 5.94. The van der Waals surface area contributed by atoms with Crippen LogP contribution in [-0.4, -0.2) is 42.2 Å². The van der Waals surface area contributed by atoms with Crippen LogP contribution in [0, 0.1) is 5.82 Å². The number of halogens is 1. The molecule has 1 saturated heterocycles. The lowest BCUT2D eigenvalue weighted by molar-refractivity contribution is 0.0696. The Morgan fingerprint density at radius 3 is 2.94 bits per heavy atom. The molecule has 5 heteroatoms. The molecule has 0 bridgehead atoms.